The summed E-state index contributed by atoms with van der Waals surface area (Å²) in [5.41, 5.74) is 12.9. The molecular weight excluding hydrogens is 560 g/mol. The van der Waals surface area contributed by atoms with Crippen LogP contribution in [-0.4, -0.2) is 0 Å². The van der Waals surface area contributed by atoms with Crippen molar-refractivity contribution < 1.29 is 8.83 Å². The fraction of sp³-hybridized carbons (Fsp3) is 0.182. The maximum Gasteiger partial charge on any atom is 0.143 e. The lowest BCUT2D eigenvalue weighted by atomic mass is 9.79. The predicted octanol–water partition coefficient (Wildman–Crippen LogP) is 13.1. The molecule has 8 rings (SSSR count). The van der Waals surface area contributed by atoms with Gasteiger partial charge in [0.15, 0.2) is 0 Å². The van der Waals surface area contributed by atoms with Crippen molar-refractivity contribution in [2.45, 2.75) is 52.4 Å². The molecular formula is C44H38O2. The highest BCUT2D eigenvalue weighted by atomic mass is 16.3. The second-order valence-electron chi connectivity index (χ2n) is 14.6. The highest BCUT2D eigenvalue weighted by Gasteiger charge is 2.28. The fourth-order valence-electron chi connectivity index (χ4n) is 7.26. The topological polar surface area (TPSA) is 26.3 Å². The molecule has 0 bridgehead atoms. The van der Waals surface area contributed by atoms with Gasteiger partial charge in [-0.2, -0.15) is 0 Å². The Bertz CT molecular complexity index is 2410. The third-order valence-electron chi connectivity index (χ3n) is 9.30. The molecule has 2 nitrogen and oxygen atoms in total. The Balaban J connectivity index is 1.46. The van der Waals surface area contributed by atoms with Gasteiger partial charge in [-0.05, 0) is 68.5 Å². The molecule has 46 heavy (non-hydrogen) atoms. The van der Waals surface area contributed by atoms with Crippen LogP contribution in [0.25, 0.3) is 77.3 Å². The molecule has 0 aliphatic carbocycles. The predicted molar refractivity (Wildman–Crippen MR) is 195 cm³/mol. The fourth-order valence-corrected chi connectivity index (χ4v) is 7.26. The van der Waals surface area contributed by atoms with Crippen LogP contribution < -0.4 is 0 Å². The van der Waals surface area contributed by atoms with Crippen LogP contribution in [0, 0.1) is 0 Å². The van der Waals surface area contributed by atoms with Gasteiger partial charge in [0.2, 0.25) is 0 Å². The summed E-state index contributed by atoms with van der Waals surface area (Å²) in [7, 11) is 0. The molecule has 2 heteroatoms. The molecule has 0 saturated carbocycles. The van der Waals surface area contributed by atoms with Gasteiger partial charge in [-0.1, -0.05) is 139 Å². The monoisotopic (exact) mass is 598 g/mol. The van der Waals surface area contributed by atoms with Crippen molar-refractivity contribution in [1.29, 1.82) is 0 Å². The van der Waals surface area contributed by atoms with Gasteiger partial charge in [0.25, 0.3) is 0 Å². The van der Waals surface area contributed by atoms with E-state index in [-0.39, 0.29) is 10.8 Å². The zero-order chi connectivity index (χ0) is 31.8. The quantitative estimate of drug-likeness (QED) is 0.202. The first-order chi connectivity index (χ1) is 22.1. The van der Waals surface area contributed by atoms with Crippen LogP contribution in [0.15, 0.2) is 130 Å². The third-order valence-corrected chi connectivity index (χ3v) is 9.30. The smallest absolute Gasteiger partial charge is 0.143 e. The summed E-state index contributed by atoms with van der Waals surface area (Å²) in [6.07, 6.45) is 0. The van der Waals surface area contributed by atoms with Gasteiger partial charge in [-0.3, -0.25) is 0 Å². The van der Waals surface area contributed by atoms with Gasteiger partial charge in [0, 0.05) is 32.7 Å². The van der Waals surface area contributed by atoms with Crippen molar-refractivity contribution in [3.05, 3.63) is 132 Å². The number of furan rings is 2. The molecule has 226 valence electrons. The van der Waals surface area contributed by atoms with E-state index in [9.17, 15) is 0 Å². The van der Waals surface area contributed by atoms with Crippen LogP contribution in [0.5, 0.6) is 0 Å². The van der Waals surface area contributed by atoms with Gasteiger partial charge >= 0.3 is 0 Å². The van der Waals surface area contributed by atoms with Crippen LogP contribution in [-0.2, 0) is 10.8 Å². The number of para-hydroxylation sites is 1. The summed E-state index contributed by atoms with van der Waals surface area (Å²) in [5, 5.41) is 4.66. The van der Waals surface area contributed by atoms with Gasteiger partial charge in [0.05, 0.1) is 0 Å². The standard InChI is InChI=1S/C44H38O2/c1-43(2,3)35-21-14-22-36-39(35)38-34(28-17-11-8-12-18-28)25-29(26-37(38)45-36)30-23-24-33-32-20-13-19-31(27-15-9-7-10-16-27)41(32)46-42(33)40(30)44(4,5)6/h7-26H,1-6H3. The van der Waals surface area contributed by atoms with E-state index in [1.807, 2.05) is 0 Å². The maximum atomic E-state index is 6.94. The normalized spacial score (nSPS) is 12.6. The van der Waals surface area contributed by atoms with Crippen LogP contribution in [0.4, 0.5) is 0 Å². The van der Waals surface area contributed by atoms with Gasteiger partial charge < -0.3 is 8.83 Å². The molecule has 6 aromatic carbocycles. The number of hydrogen-bond donors (Lipinski definition) is 0. The lowest BCUT2D eigenvalue weighted by Crippen LogP contribution is -2.13. The van der Waals surface area contributed by atoms with E-state index in [4.69, 9.17) is 8.83 Å². The third kappa shape index (κ3) is 4.47. The Morgan fingerprint density at radius 1 is 0.413 bits per heavy atom. The number of rotatable bonds is 3. The molecule has 0 saturated heterocycles. The van der Waals surface area contributed by atoms with E-state index in [0.29, 0.717) is 0 Å². The highest BCUT2D eigenvalue weighted by molar-refractivity contribution is 6.16. The Hall–Kier alpha value is -5.08. The minimum atomic E-state index is -0.190. The summed E-state index contributed by atoms with van der Waals surface area (Å²) in [4.78, 5) is 0. The minimum Gasteiger partial charge on any atom is -0.456 e. The first kappa shape index (κ1) is 28.4. The average Bonchev–Trinajstić information content (AvgIpc) is 3.62. The number of hydrogen-bond acceptors (Lipinski definition) is 2. The van der Waals surface area contributed by atoms with Crippen molar-refractivity contribution in [1.82, 2.24) is 0 Å². The van der Waals surface area contributed by atoms with E-state index in [1.54, 1.807) is 0 Å². The van der Waals surface area contributed by atoms with Crippen LogP contribution in [0.1, 0.15) is 52.7 Å². The zero-order valence-electron chi connectivity index (χ0n) is 27.4. The summed E-state index contributed by atoms with van der Waals surface area (Å²) >= 11 is 0. The van der Waals surface area contributed by atoms with Gasteiger partial charge in [-0.15, -0.1) is 0 Å². The summed E-state index contributed by atoms with van der Waals surface area (Å²) < 4.78 is 13.7. The molecule has 8 aromatic rings. The summed E-state index contributed by atoms with van der Waals surface area (Å²) in [6, 6.07) is 43.3. The highest BCUT2D eigenvalue weighted by Crippen LogP contribution is 2.47. The van der Waals surface area contributed by atoms with Crippen molar-refractivity contribution in [2.75, 3.05) is 0 Å². The average molecular weight is 599 g/mol. The van der Waals surface area contributed by atoms with E-state index in [1.165, 1.54) is 33.0 Å². The lowest BCUT2D eigenvalue weighted by molar-refractivity contribution is 0.574. The Labute approximate surface area is 270 Å². The second kappa shape index (κ2) is 10.2. The van der Waals surface area contributed by atoms with Crippen molar-refractivity contribution in [3.8, 4) is 33.4 Å². The molecule has 0 unspecified atom stereocenters. The summed E-state index contributed by atoms with van der Waals surface area (Å²) in [6.45, 7) is 13.7. The Morgan fingerprint density at radius 3 is 1.74 bits per heavy atom. The SMILES string of the molecule is CC(C)(C)c1c(-c2cc(-c3ccccc3)c3c(c2)oc2cccc(C(C)(C)C)c23)ccc2c1oc1c(-c3ccccc3)cccc12. The first-order valence-corrected chi connectivity index (χ1v) is 16.2. The van der Waals surface area contributed by atoms with E-state index in [2.05, 4.69) is 163 Å². The van der Waals surface area contributed by atoms with Crippen LogP contribution >= 0.6 is 0 Å². The number of benzene rings is 6. The summed E-state index contributed by atoms with van der Waals surface area (Å²) in [5.74, 6) is 0. The van der Waals surface area contributed by atoms with E-state index < -0.39 is 0 Å². The molecule has 0 aliphatic rings. The van der Waals surface area contributed by atoms with E-state index >= 15 is 0 Å². The first-order valence-electron chi connectivity index (χ1n) is 16.2. The molecule has 0 spiro atoms. The van der Waals surface area contributed by atoms with Crippen LogP contribution in [0.3, 0.4) is 0 Å². The largest absolute Gasteiger partial charge is 0.456 e. The van der Waals surface area contributed by atoms with E-state index in [0.717, 1.165) is 55.4 Å². The minimum absolute atomic E-state index is 0.0344. The molecule has 0 N–H and O–H groups in total. The Kier molecular flexibility index (Phi) is 6.31. The molecule has 2 aromatic heterocycles. The molecule has 0 atom stereocenters. The number of fused-ring (bicyclic) bond motifs is 6. The van der Waals surface area contributed by atoms with Crippen molar-refractivity contribution in [2.24, 2.45) is 0 Å². The molecule has 0 radical (unpaired) electrons. The van der Waals surface area contributed by atoms with Crippen molar-refractivity contribution in [3.63, 3.8) is 0 Å². The van der Waals surface area contributed by atoms with Crippen molar-refractivity contribution >= 4 is 43.9 Å². The zero-order valence-corrected chi connectivity index (χ0v) is 27.4. The molecule has 0 aliphatic heterocycles. The lowest BCUT2D eigenvalue weighted by Gasteiger charge is -2.24. The maximum absolute atomic E-state index is 6.94. The second-order valence-corrected chi connectivity index (χ2v) is 14.6. The molecule has 0 amide bonds. The Morgan fingerprint density at radius 2 is 1.07 bits per heavy atom. The molecule has 0 fully saturated rings. The van der Waals surface area contributed by atoms with Crippen LogP contribution in [0.2, 0.25) is 0 Å². The van der Waals surface area contributed by atoms with Gasteiger partial charge in [0.1, 0.15) is 22.3 Å². The molecule has 2 heterocycles. The van der Waals surface area contributed by atoms with Gasteiger partial charge in [-0.25, -0.2) is 0 Å².